The van der Waals surface area contributed by atoms with Gasteiger partial charge in [-0.05, 0) is 48.7 Å². The number of carboxylic acid groups (broad SMARTS) is 1. The van der Waals surface area contributed by atoms with E-state index >= 15 is 0 Å². The van der Waals surface area contributed by atoms with Crippen LogP contribution in [0.5, 0.6) is 0 Å². The highest BCUT2D eigenvalue weighted by Gasteiger charge is 2.19. The van der Waals surface area contributed by atoms with E-state index in [0.29, 0.717) is 11.3 Å². The highest BCUT2D eigenvalue weighted by molar-refractivity contribution is 7.92. The van der Waals surface area contributed by atoms with Crippen LogP contribution in [0.3, 0.4) is 0 Å². The van der Waals surface area contributed by atoms with Gasteiger partial charge in [0.15, 0.2) is 0 Å². The van der Waals surface area contributed by atoms with Gasteiger partial charge in [0.2, 0.25) is 5.91 Å². The second kappa shape index (κ2) is 6.94. The van der Waals surface area contributed by atoms with Crippen molar-refractivity contribution in [1.29, 1.82) is 0 Å². The van der Waals surface area contributed by atoms with E-state index in [1.807, 2.05) is 0 Å². The lowest BCUT2D eigenvalue weighted by molar-refractivity contribution is -0.255. The van der Waals surface area contributed by atoms with Gasteiger partial charge >= 0.3 is 0 Å². The Kier molecular flexibility index (Phi) is 5.13. The Hall–Kier alpha value is -2.87. The zero-order valence-corrected chi connectivity index (χ0v) is 14.7. The lowest BCUT2D eigenvalue weighted by Gasteiger charge is -2.15. The van der Waals surface area contributed by atoms with Crippen molar-refractivity contribution in [2.24, 2.45) is 0 Å². The number of carboxylic acids is 1. The molecule has 0 aliphatic rings. The fraction of sp³-hybridized carbons (Fsp3) is 0.176. The number of benzene rings is 2. The smallest absolute Gasteiger partial charge is 0.262 e. The summed E-state index contributed by atoms with van der Waals surface area (Å²) in [7, 11) is -3.98. The van der Waals surface area contributed by atoms with Gasteiger partial charge in [0, 0.05) is 18.3 Å². The van der Waals surface area contributed by atoms with Crippen LogP contribution in [0.15, 0.2) is 41.3 Å². The molecule has 0 unspecified atom stereocenters. The number of rotatable bonds is 5. The normalized spacial score (nSPS) is 11.0. The van der Waals surface area contributed by atoms with E-state index in [4.69, 9.17) is 0 Å². The fourth-order valence-electron chi connectivity index (χ4n) is 2.37. The van der Waals surface area contributed by atoms with Crippen molar-refractivity contribution >= 4 is 33.3 Å². The summed E-state index contributed by atoms with van der Waals surface area (Å²) < 4.78 is 27.7. The van der Waals surface area contributed by atoms with Crippen LogP contribution < -0.4 is 15.1 Å². The molecule has 7 nitrogen and oxygen atoms in total. The highest BCUT2D eigenvalue weighted by Crippen LogP contribution is 2.26. The first-order valence-electron chi connectivity index (χ1n) is 7.33. The maximum atomic E-state index is 12.7. The quantitative estimate of drug-likeness (QED) is 0.836. The summed E-state index contributed by atoms with van der Waals surface area (Å²) in [5, 5.41) is 13.5. The van der Waals surface area contributed by atoms with Crippen molar-refractivity contribution < 1.29 is 23.1 Å². The van der Waals surface area contributed by atoms with Crippen LogP contribution in [-0.4, -0.2) is 20.3 Å². The Morgan fingerprint density at radius 3 is 2.32 bits per heavy atom. The van der Waals surface area contributed by atoms with Crippen molar-refractivity contribution in [3.05, 3.63) is 53.1 Å². The lowest BCUT2D eigenvalue weighted by Crippen LogP contribution is -2.22. The van der Waals surface area contributed by atoms with Gasteiger partial charge in [0.05, 0.1) is 10.9 Å². The first-order chi connectivity index (χ1) is 11.6. The van der Waals surface area contributed by atoms with Crippen molar-refractivity contribution in [2.45, 2.75) is 25.7 Å². The molecule has 132 valence electrons. The zero-order chi connectivity index (χ0) is 18.8. The number of sulfonamides is 1. The van der Waals surface area contributed by atoms with Crippen molar-refractivity contribution in [2.75, 3.05) is 10.0 Å². The molecular weight excluding hydrogens is 344 g/mol. The molecule has 0 heterocycles. The second-order valence-corrected chi connectivity index (χ2v) is 7.24. The van der Waals surface area contributed by atoms with Crippen LogP contribution in [0.4, 0.5) is 11.4 Å². The number of amides is 1. The molecule has 8 heteroatoms. The number of hydrogen-bond donors (Lipinski definition) is 2. The molecule has 0 radical (unpaired) electrons. The van der Waals surface area contributed by atoms with E-state index in [0.717, 1.165) is 5.56 Å². The van der Waals surface area contributed by atoms with Crippen molar-refractivity contribution in [3.8, 4) is 0 Å². The Balaban J connectivity index is 2.44. The first-order valence-corrected chi connectivity index (χ1v) is 8.81. The highest BCUT2D eigenvalue weighted by atomic mass is 32.2. The third-order valence-corrected chi connectivity index (χ3v) is 5.00. The molecule has 1 amide bonds. The van der Waals surface area contributed by atoms with E-state index in [1.54, 1.807) is 19.9 Å². The molecule has 25 heavy (non-hydrogen) atoms. The van der Waals surface area contributed by atoms with Crippen LogP contribution in [-0.2, 0) is 14.8 Å². The van der Waals surface area contributed by atoms with Gasteiger partial charge in [-0.2, -0.15) is 0 Å². The Morgan fingerprint density at radius 2 is 1.72 bits per heavy atom. The summed E-state index contributed by atoms with van der Waals surface area (Å²) in [5.41, 5.74) is 1.57. The molecule has 0 saturated carbocycles. The second-order valence-electron chi connectivity index (χ2n) is 5.59. The summed E-state index contributed by atoms with van der Waals surface area (Å²) >= 11 is 0. The van der Waals surface area contributed by atoms with Gasteiger partial charge in [-0.1, -0.05) is 18.2 Å². The average molecular weight is 361 g/mol. The fourth-order valence-corrected chi connectivity index (χ4v) is 3.67. The molecule has 2 aromatic rings. The van der Waals surface area contributed by atoms with E-state index in [1.165, 1.54) is 37.3 Å². The van der Waals surface area contributed by atoms with Crippen LogP contribution in [0.25, 0.3) is 0 Å². The molecular formula is C17H17N2O5S-. The molecule has 0 atom stereocenters. The van der Waals surface area contributed by atoms with Crippen LogP contribution >= 0.6 is 0 Å². The summed E-state index contributed by atoms with van der Waals surface area (Å²) in [6.07, 6.45) is 0. The number of carbonyl (C=O) groups is 2. The molecule has 0 bridgehead atoms. The summed E-state index contributed by atoms with van der Waals surface area (Å²) in [6.45, 7) is 4.72. The van der Waals surface area contributed by atoms with Crippen LogP contribution in [0.1, 0.15) is 28.4 Å². The lowest BCUT2D eigenvalue weighted by atomic mass is 10.1. The molecule has 0 aliphatic carbocycles. The largest absolute Gasteiger partial charge is 0.545 e. The SMILES string of the molecule is CC(=O)Nc1cc(S(=O)(=O)Nc2cccc(C(=O)[O-])c2)c(C)cc1C. The molecule has 2 aromatic carbocycles. The number of nitrogens with one attached hydrogen (secondary N) is 2. The van der Waals surface area contributed by atoms with Gasteiger partial charge in [0.25, 0.3) is 10.0 Å². The number of carbonyl (C=O) groups excluding carboxylic acids is 2. The molecule has 0 aromatic heterocycles. The van der Waals surface area contributed by atoms with Crippen LogP contribution in [0, 0.1) is 13.8 Å². The van der Waals surface area contributed by atoms with E-state index in [-0.39, 0.29) is 22.1 Å². The van der Waals surface area contributed by atoms with Crippen molar-refractivity contribution in [1.82, 2.24) is 0 Å². The molecule has 0 saturated heterocycles. The minimum absolute atomic E-state index is 0.0132. The summed E-state index contributed by atoms with van der Waals surface area (Å²) in [6, 6.07) is 8.34. The third kappa shape index (κ3) is 4.36. The van der Waals surface area contributed by atoms with Gasteiger partial charge in [-0.15, -0.1) is 0 Å². The number of hydrogen-bond acceptors (Lipinski definition) is 5. The van der Waals surface area contributed by atoms with Gasteiger partial charge in [-0.25, -0.2) is 8.42 Å². The Morgan fingerprint density at radius 1 is 1.04 bits per heavy atom. The number of aromatic carboxylic acids is 1. The maximum absolute atomic E-state index is 12.7. The molecule has 0 spiro atoms. The number of anilines is 2. The standard InChI is InChI=1S/C17H18N2O5S/c1-10-7-11(2)16(9-15(10)18-12(3)20)25(23,24)19-14-6-4-5-13(8-14)17(21)22/h4-9,19H,1-3H3,(H,18,20)(H,21,22)/p-1. The molecule has 0 aliphatic heterocycles. The predicted molar refractivity (Wildman–Crippen MR) is 91.8 cm³/mol. The average Bonchev–Trinajstić information content (AvgIpc) is 2.49. The first kappa shape index (κ1) is 18.5. The van der Waals surface area contributed by atoms with Gasteiger partial charge in [0.1, 0.15) is 0 Å². The van der Waals surface area contributed by atoms with E-state index in [9.17, 15) is 23.1 Å². The van der Waals surface area contributed by atoms with Gasteiger partial charge < -0.3 is 15.2 Å². The topological polar surface area (TPSA) is 115 Å². The monoisotopic (exact) mass is 361 g/mol. The third-order valence-electron chi connectivity index (χ3n) is 3.47. The molecule has 2 N–H and O–H groups in total. The van der Waals surface area contributed by atoms with Gasteiger partial charge in [-0.3, -0.25) is 9.52 Å². The predicted octanol–water partition coefficient (Wildman–Crippen LogP) is 1.43. The Bertz CT molecular complexity index is 952. The number of aryl methyl sites for hydroxylation is 2. The molecule has 2 rings (SSSR count). The van der Waals surface area contributed by atoms with Crippen molar-refractivity contribution in [3.63, 3.8) is 0 Å². The zero-order valence-electron chi connectivity index (χ0n) is 13.9. The molecule has 0 fully saturated rings. The summed E-state index contributed by atoms with van der Waals surface area (Å²) in [4.78, 5) is 22.2. The Labute approximate surface area is 145 Å². The van der Waals surface area contributed by atoms with E-state index < -0.39 is 16.0 Å². The van der Waals surface area contributed by atoms with Crippen LogP contribution in [0.2, 0.25) is 0 Å². The summed E-state index contributed by atoms with van der Waals surface area (Å²) in [5.74, 6) is -1.72. The minimum Gasteiger partial charge on any atom is -0.545 e. The minimum atomic E-state index is -3.98. The van der Waals surface area contributed by atoms with E-state index in [2.05, 4.69) is 10.0 Å². The maximum Gasteiger partial charge on any atom is 0.262 e.